The zero-order chi connectivity index (χ0) is 22.1. The summed E-state index contributed by atoms with van der Waals surface area (Å²) in [7, 11) is 0. The van der Waals surface area contributed by atoms with Crippen molar-refractivity contribution in [2.75, 3.05) is 66.0 Å². The molecule has 0 atom stereocenters. The first-order chi connectivity index (χ1) is 14.4. The van der Waals surface area contributed by atoms with E-state index in [2.05, 4.69) is 26.2 Å². The molecular weight excluding hydrogens is 460 g/mol. The lowest BCUT2D eigenvalue weighted by atomic mass is 10.2. The molecule has 0 fully saturated rings. The lowest BCUT2D eigenvalue weighted by Gasteiger charge is -2.19. The first-order valence-corrected chi connectivity index (χ1v) is 10.7. The molecule has 0 bridgehead atoms. The van der Waals surface area contributed by atoms with Gasteiger partial charge in [0, 0.05) is 23.3 Å². The van der Waals surface area contributed by atoms with Gasteiger partial charge in [0.05, 0.1) is 52.9 Å². The van der Waals surface area contributed by atoms with Crippen LogP contribution in [0.3, 0.4) is 0 Å². The van der Waals surface area contributed by atoms with Crippen LogP contribution in [0.1, 0.15) is 20.8 Å². The SMILES string of the molecule is CC(C)(C)OC(=O)NCCOCCOCCOCCOCCOc1cc(Br)ccn1. The number of carbonyl (C=O) groups excluding carboxylic acids is 1. The van der Waals surface area contributed by atoms with Crippen LogP contribution < -0.4 is 10.1 Å². The van der Waals surface area contributed by atoms with E-state index in [4.69, 9.17) is 28.4 Å². The highest BCUT2D eigenvalue weighted by Gasteiger charge is 2.15. The molecule has 0 unspecified atom stereocenters. The van der Waals surface area contributed by atoms with Crippen LogP contribution in [0, 0.1) is 0 Å². The highest BCUT2D eigenvalue weighted by molar-refractivity contribution is 9.10. The molecule has 0 saturated carbocycles. The van der Waals surface area contributed by atoms with Gasteiger partial charge in [-0.05, 0) is 26.8 Å². The van der Waals surface area contributed by atoms with Crippen molar-refractivity contribution >= 4 is 22.0 Å². The molecule has 10 heteroatoms. The van der Waals surface area contributed by atoms with Gasteiger partial charge < -0.3 is 33.7 Å². The lowest BCUT2D eigenvalue weighted by Crippen LogP contribution is -2.34. The highest BCUT2D eigenvalue weighted by Crippen LogP contribution is 2.14. The van der Waals surface area contributed by atoms with E-state index in [1.165, 1.54) is 0 Å². The van der Waals surface area contributed by atoms with E-state index in [1.54, 1.807) is 12.3 Å². The minimum absolute atomic E-state index is 0.391. The van der Waals surface area contributed by atoms with E-state index in [9.17, 15) is 4.79 Å². The topological polar surface area (TPSA) is 97.4 Å². The summed E-state index contributed by atoms with van der Waals surface area (Å²) in [5.41, 5.74) is -0.501. The van der Waals surface area contributed by atoms with E-state index in [0.717, 1.165) is 4.47 Å². The number of hydrogen-bond donors (Lipinski definition) is 1. The van der Waals surface area contributed by atoms with Gasteiger partial charge in [0.1, 0.15) is 12.2 Å². The van der Waals surface area contributed by atoms with Crippen molar-refractivity contribution in [2.45, 2.75) is 26.4 Å². The van der Waals surface area contributed by atoms with Crippen molar-refractivity contribution in [3.05, 3.63) is 22.8 Å². The summed E-state index contributed by atoms with van der Waals surface area (Å²) in [5, 5.41) is 2.62. The van der Waals surface area contributed by atoms with Crippen molar-refractivity contribution in [1.29, 1.82) is 0 Å². The second-order valence-corrected chi connectivity index (χ2v) is 7.95. The number of rotatable bonds is 16. The molecule has 1 heterocycles. The number of carbonyl (C=O) groups is 1. The third-order valence-corrected chi connectivity index (χ3v) is 3.70. The Hall–Kier alpha value is -1.46. The second kappa shape index (κ2) is 16.3. The Morgan fingerprint density at radius 2 is 1.47 bits per heavy atom. The summed E-state index contributed by atoms with van der Waals surface area (Å²) in [6, 6.07) is 3.64. The number of halogens is 1. The van der Waals surface area contributed by atoms with Crippen molar-refractivity contribution in [3.8, 4) is 5.88 Å². The number of amides is 1. The Labute approximate surface area is 186 Å². The zero-order valence-electron chi connectivity index (χ0n) is 18.0. The average molecular weight is 493 g/mol. The van der Waals surface area contributed by atoms with Crippen molar-refractivity contribution in [3.63, 3.8) is 0 Å². The number of hydrogen-bond acceptors (Lipinski definition) is 8. The Kier molecular flexibility index (Phi) is 14.4. The van der Waals surface area contributed by atoms with Crippen molar-refractivity contribution in [2.24, 2.45) is 0 Å². The number of alkyl carbamates (subject to hydrolysis) is 1. The predicted octanol–water partition coefficient (Wildman–Crippen LogP) is 2.81. The summed E-state index contributed by atoms with van der Waals surface area (Å²) in [4.78, 5) is 15.5. The maximum absolute atomic E-state index is 11.4. The molecule has 0 aromatic carbocycles. The van der Waals surface area contributed by atoms with Gasteiger partial charge in [-0.15, -0.1) is 0 Å². The van der Waals surface area contributed by atoms with Crippen LogP contribution in [-0.4, -0.2) is 82.7 Å². The van der Waals surface area contributed by atoms with E-state index < -0.39 is 11.7 Å². The molecule has 0 aliphatic carbocycles. The second-order valence-electron chi connectivity index (χ2n) is 7.04. The molecule has 30 heavy (non-hydrogen) atoms. The van der Waals surface area contributed by atoms with Crippen LogP contribution in [0.5, 0.6) is 5.88 Å². The standard InChI is InChI=1S/C20H33BrN2O7/c1-20(2,3)30-19(24)23-6-7-25-8-9-26-10-11-27-12-13-28-14-15-29-18-16-17(21)4-5-22-18/h4-5,16H,6-15H2,1-3H3,(H,23,24). The minimum atomic E-state index is -0.501. The van der Waals surface area contributed by atoms with Gasteiger partial charge in [0.25, 0.3) is 0 Å². The maximum Gasteiger partial charge on any atom is 0.407 e. The quantitative estimate of drug-likeness (QED) is 0.351. The average Bonchev–Trinajstić information content (AvgIpc) is 2.66. The van der Waals surface area contributed by atoms with E-state index in [-0.39, 0.29) is 0 Å². The van der Waals surface area contributed by atoms with Crippen LogP contribution in [0.15, 0.2) is 22.8 Å². The highest BCUT2D eigenvalue weighted by atomic mass is 79.9. The molecule has 1 amide bonds. The third kappa shape index (κ3) is 16.3. The van der Waals surface area contributed by atoms with Crippen molar-refractivity contribution < 1.29 is 33.2 Å². The summed E-state index contributed by atoms with van der Waals surface area (Å²) in [5.74, 6) is 0.560. The minimum Gasteiger partial charge on any atom is -0.475 e. The van der Waals surface area contributed by atoms with Gasteiger partial charge in [-0.1, -0.05) is 15.9 Å². The Balaban J connectivity index is 1.77. The third-order valence-electron chi connectivity index (χ3n) is 3.21. The molecule has 172 valence electrons. The van der Waals surface area contributed by atoms with Crippen molar-refractivity contribution in [1.82, 2.24) is 10.3 Å². The Bertz CT molecular complexity index is 585. The van der Waals surface area contributed by atoms with Gasteiger partial charge in [0.15, 0.2) is 0 Å². The van der Waals surface area contributed by atoms with Gasteiger partial charge in [-0.25, -0.2) is 9.78 Å². The molecular formula is C20H33BrN2O7. The predicted molar refractivity (Wildman–Crippen MR) is 115 cm³/mol. The fourth-order valence-electron chi connectivity index (χ4n) is 1.97. The van der Waals surface area contributed by atoms with Crippen LogP contribution in [0.4, 0.5) is 4.79 Å². The lowest BCUT2D eigenvalue weighted by molar-refractivity contribution is -0.00468. The van der Waals surface area contributed by atoms with Gasteiger partial charge in [0.2, 0.25) is 5.88 Å². The summed E-state index contributed by atoms with van der Waals surface area (Å²) < 4.78 is 33.1. The normalized spacial score (nSPS) is 11.3. The first kappa shape index (κ1) is 26.6. The number of pyridine rings is 1. The van der Waals surface area contributed by atoms with Crippen LogP contribution in [-0.2, 0) is 23.7 Å². The van der Waals surface area contributed by atoms with Crippen LogP contribution in [0.25, 0.3) is 0 Å². The van der Waals surface area contributed by atoms with E-state index in [0.29, 0.717) is 71.9 Å². The first-order valence-electron chi connectivity index (χ1n) is 9.89. The van der Waals surface area contributed by atoms with Gasteiger partial charge in [-0.3, -0.25) is 0 Å². The molecule has 9 nitrogen and oxygen atoms in total. The number of nitrogens with zero attached hydrogens (tertiary/aromatic N) is 1. The number of nitrogens with one attached hydrogen (secondary N) is 1. The van der Waals surface area contributed by atoms with Gasteiger partial charge in [-0.2, -0.15) is 0 Å². The van der Waals surface area contributed by atoms with Gasteiger partial charge >= 0.3 is 6.09 Å². The maximum atomic E-state index is 11.4. The van der Waals surface area contributed by atoms with E-state index in [1.807, 2.05) is 26.8 Å². The fraction of sp³-hybridized carbons (Fsp3) is 0.700. The molecule has 0 aliphatic heterocycles. The zero-order valence-corrected chi connectivity index (χ0v) is 19.6. The molecule has 0 saturated heterocycles. The molecule has 0 aliphatic rings. The number of ether oxygens (including phenoxy) is 6. The molecule has 1 N–H and O–H groups in total. The number of aromatic nitrogens is 1. The molecule has 1 aromatic rings. The molecule has 1 rings (SSSR count). The van der Waals surface area contributed by atoms with Crippen LogP contribution >= 0.6 is 15.9 Å². The smallest absolute Gasteiger partial charge is 0.407 e. The molecule has 1 aromatic heterocycles. The van der Waals surface area contributed by atoms with Crippen LogP contribution in [0.2, 0.25) is 0 Å². The van der Waals surface area contributed by atoms with E-state index >= 15 is 0 Å². The Morgan fingerprint density at radius 1 is 0.933 bits per heavy atom. The summed E-state index contributed by atoms with van der Waals surface area (Å²) in [6.07, 6.45) is 1.23. The summed E-state index contributed by atoms with van der Waals surface area (Å²) >= 11 is 3.36. The summed E-state index contributed by atoms with van der Waals surface area (Å²) in [6.45, 7) is 10.0. The largest absolute Gasteiger partial charge is 0.475 e. The fourth-order valence-corrected chi connectivity index (χ4v) is 2.28. The monoisotopic (exact) mass is 492 g/mol. The molecule has 0 radical (unpaired) electrons. The Morgan fingerprint density at radius 3 is 2.00 bits per heavy atom. The molecule has 0 spiro atoms.